The summed E-state index contributed by atoms with van der Waals surface area (Å²) in [6.45, 7) is 1.35. The Bertz CT molecular complexity index is 1470. The molecule has 0 aliphatic carbocycles. The second-order valence-corrected chi connectivity index (χ2v) is 11.4. The fourth-order valence-electron chi connectivity index (χ4n) is 5.26. The van der Waals surface area contributed by atoms with Crippen molar-refractivity contribution < 1.29 is 83.6 Å². The lowest BCUT2D eigenvalue weighted by Crippen LogP contribution is -2.65. The van der Waals surface area contributed by atoms with Gasteiger partial charge in [-0.25, -0.2) is 4.79 Å². The molecule has 0 bridgehead atoms. The van der Waals surface area contributed by atoms with Gasteiger partial charge in [-0.1, -0.05) is 12.1 Å². The van der Waals surface area contributed by atoms with Crippen molar-refractivity contribution in [1.82, 2.24) is 0 Å². The second-order valence-electron chi connectivity index (χ2n) is 11.4. The van der Waals surface area contributed by atoms with Gasteiger partial charge in [0.1, 0.15) is 36.6 Å². The van der Waals surface area contributed by atoms with Crippen LogP contribution in [0.2, 0.25) is 0 Å². The van der Waals surface area contributed by atoms with Gasteiger partial charge in [0, 0.05) is 20.1 Å². The van der Waals surface area contributed by atoms with Crippen LogP contribution in [0.25, 0.3) is 6.08 Å². The Hall–Kier alpha value is -4.04. The van der Waals surface area contributed by atoms with Gasteiger partial charge in [0.25, 0.3) is 0 Å². The van der Waals surface area contributed by atoms with Crippen LogP contribution >= 0.6 is 0 Å². The zero-order chi connectivity index (χ0) is 36.0. The monoisotopic (exact) mass is 696 g/mol. The molecule has 17 nitrogen and oxygen atoms in total. The van der Waals surface area contributed by atoms with Crippen molar-refractivity contribution in [3.8, 4) is 23.0 Å². The van der Waals surface area contributed by atoms with E-state index in [1.807, 2.05) is 0 Å². The number of rotatable bonds is 12. The Labute approximate surface area is 280 Å². The predicted octanol–water partition coefficient (Wildman–Crippen LogP) is -0.300. The third-order valence-corrected chi connectivity index (χ3v) is 7.90. The van der Waals surface area contributed by atoms with Crippen LogP contribution in [-0.2, 0) is 42.7 Å². The molecule has 2 aromatic carbocycles. The highest BCUT2D eigenvalue weighted by molar-refractivity contribution is 5.87. The number of aliphatic hydroxyl groups excluding tert-OH is 4. The number of aromatic hydroxyl groups is 4. The summed E-state index contributed by atoms with van der Waals surface area (Å²) in [6.07, 6.45) is -14.2. The Morgan fingerprint density at radius 3 is 2.12 bits per heavy atom. The zero-order valence-corrected chi connectivity index (χ0v) is 26.6. The average Bonchev–Trinajstić information content (AvgIpc) is 3.06. The first-order valence-corrected chi connectivity index (χ1v) is 15.1. The molecule has 17 heteroatoms. The Morgan fingerprint density at radius 2 is 1.51 bits per heavy atom. The van der Waals surface area contributed by atoms with Gasteiger partial charge in [-0.3, -0.25) is 4.79 Å². The average molecular weight is 697 g/mol. The Morgan fingerprint density at radius 1 is 0.837 bits per heavy atom. The highest BCUT2D eigenvalue weighted by Crippen LogP contribution is 2.35. The number of phenolic OH excluding ortho intramolecular Hbond substituents is 4. The number of aliphatic hydroxyl groups is 4. The number of ether oxygens (including phenoxy) is 7. The standard InChI is InChI=1S/C32H40O17/c1-14-25(40)26(41)27(42)31(45-14)49-29-28(48-24(39)9-5-16-4-7-18(35)20(37)10-16)22(12-33)47-32(30(29)46-15(2)34)44-13-23(43-3)17-6-8-19(36)21(38)11-17/h4-11,14,22-23,25-33,35-38,40-42H,12-13H2,1-3H3/b9-5+/t14-,22+,23-,25-,26+,27+,28+,29-,30+,31-,32+/m0/s1. The van der Waals surface area contributed by atoms with Crippen molar-refractivity contribution in [3.63, 3.8) is 0 Å². The van der Waals surface area contributed by atoms with E-state index in [4.69, 9.17) is 33.2 Å². The van der Waals surface area contributed by atoms with E-state index in [0.29, 0.717) is 11.1 Å². The maximum atomic E-state index is 13.1. The van der Waals surface area contributed by atoms with Gasteiger partial charge in [-0.05, 0) is 48.4 Å². The maximum absolute atomic E-state index is 13.1. The lowest BCUT2D eigenvalue weighted by Gasteiger charge is -2.47. The fourth-order valence-corrected chi connectivity index (χ4v) is 5.26. The number of hydrogen-bond donors (Lipinski definition) is 8. The van der Waals surface area contributed by atoms with E-state index >= 15 is 0 Å². The van der Waals surface area contributed by atoms with Gasteiger partial charge in [-0.15, -0.1) is 0 Å². The van der Waals surface area contributed by atoms with E-state index in [0.717, 1.165) is 13.0 Å². The van der Waals surface area contributed by atoms with Crippen LogP contribution in [0.4, 0.5) is 0 Å². The lowest BCUT2D eigenvalue weighted by atomic mass is 9.96. The summed E-state index contributed by atoms with van der Waals surface area (Å²) in [5.74, 6) is -3.49. The maximum Gasteiger partial charge on any atom is 0.331 e. The number of methoxy groups -OCH3 is 1. The first-order valence-electron chi connectivity index (χ1n) is 15.1. The summed E-state index contributed by atoms with van der Waals surface area (Å²) in [5, 5.41) is 80.6. The van der Waals surface area contributed by atoms with Gasteiger partial charge in [0.05, 0.1) is 19.3 Å². The van der Waals surface area contributed by atoms with Crippen molar-refractivity contribution in [2.45, 2.75) is 81.4 Å². The molecule has 2 aromatic rings. The quantitative estimate of drug-likeness (QED) is 0.0805. The molecule has 11 atom stereocenters. The molecule has 2 aliphatic rings. The zero-order valence-electron chi connectivity index (χ0n) is 26.6. The molecular weight excluding hydrogens is 656 g/mol. The van der Waals surface area contributed by atoms with Gasteiger partial charge >= 0.3 is 11.9 Å². The summed E-state index contributed by atoms with van der Waals surface area (Å²) < 4.78 is 40.0. The molecular formula is C32H40O17. The summed E-state index contributed by atoms with van der Waals surface area (Å²) in [5.41, 5.74) is 0.685. The minimum atomic E-state index is -1.84. The molecule has 2 aliphatic heterocycles. The molecule has 0 amide bonds. The lowest BCUT2D eigenvalue weighted by molar-refractivity contribution is -0.359. The summed E-state index contributed by atoms with van der Waals surface area (Å²) in [4.78, 5) is 25.4. The van der Waals surface area contributed by atoms with E-state index in [2.05, 4.69) is 0 Å². The molecule has 0 saturated carbocycles. The molecule has 4 rings (SSSR count). The van der Waals surface area contributed by atoms with E-state index in [-0.39, 0.29) is 18.1 Å². The number of hydrogen-bond acceptors (Lipinski definition) is 17. The third kappa shape index (κ3) is 9.15. The van der Waals surface area contributed by atoms with Crippen LogP contribution in [0, 0.1) is 0 Å². The summed E-state index contributed by atoms with van der Waals surface area (Å²) in [6, 6.07) is 7.72. The van der Waals surface area contributed by atoms with Gasteiger partial charge in [0.15, 0.2) is 47.8 Å². The first kappa shape index (κ1) is 37.8. The molecule has 0 spiro atoms. The highest BCUT2D eigenvalue weighted by Gasteiger charge is 2.54. The molecule has 0 radical (unpaired) electrons. The van der Waals surface area contributed by atoms with Gasteiger partial charge < -0.3 is 74.0 Å². The summed E-state index contributed by atoms with van der Waals surface area (Å²) >= 11 is 0. The van der Waals surface area contributed by atoms with Crippen LogP contribution < -0.4 is 0 Å². The number of benzene rings is 2. The van der Waals surface area contributed by atoms with Crippen molar-refractivity contribution in [2.75, 3.05) is 20.3 Å². The number of carbonyl (C=O) groups is 2. The SMILES string of the molecule is CO[C@@H](CO[C@@H]1O[C@H](CO)[C@@H](OC(=O)/C=C/c2ccc(O)c(O)c2)[C@H](O[C@@H]2O[C@@H](C)[C@H](O)[C@@H](O)[C@H]2O)[C@H]1OC(C)=O)c1ccc(O)c(O)c1. The van der Waals surface area contributed by atoms with Crippen molar-refractivity contribution in [1.29, 1.82) is 0 Å². The minimum Gasteiger partial charge on any atom is -0.504 e. The normalized spacial score (nSPS) is 30.9. The van der Waals surface area contributed by atoms with Crippen LogP contribution in [0.3, 0.4) is 0 Å². The molecule has 2 fully saturated rings. The van der Waals surface area contributed by atoms with E-state index < -0.39 is 97.6 Å². The van der Waals surface area contributed by atoms with Gasteiger partial charge in [-0.2, -0.15) is 0 Å². The predicted molar refractivity (Wildman–Crippen MR) is 163 cm³/mol. The van der Waals surface area contributed by atoms with E-state index in [1.165, 1.54) is 56.5 Å². The van der Waals surface area contributed by atoms with E-state index in [9.17, 15) is 50.4 Å². The topological polar surface area (TPSA) is 261 Å². The first-order chi connectivity index (χ1) is 23.2. The fraction of sp³-hybridized carbons (Fsp3) is 0.500. The number of esters is 2. The van der Waals surface area contributed by atoms with Crippen LogP contribution in [0.1, 0.15) is 31.1 Å². The molecule has 8 N–H and O–H groups in total. The van der Waals surface area contributed by atoms with Crippen molar-refractivity contribution in [2.24, 2.45) is 0 Å². The van der Waals surface area contributed by atoms with Crippen molar-refractivity contribution in [3.05, 3.63) is 53.6 Å². The third-order valence-electron chi connectivity index (χ3n) is 7.90. The Balaban J connectivity index is 1.65. The van der Waals surface area contributed by atoms with Crippen LogP contribution in [0.15, 0.2) is 42.5 Å². The number of carbonyl (C=O) groups excluding carboxylic acids is 2. The van der Waals surface area contributed by atoms with Crippen LogP contribution in [-0.4, -0.2) is 135 Å². The molecule has 2 heterocycles. The van der Waals surface area contributed by atoms with Gasteiger partial charge in [0.2, 0.25) is 0 Å². The smallest absolute Gasteiger partial charge is 0.331 e. The highest BCUT2D eigenvalue weighted by atomic mass is 16.8. The van der Waals surface area contributed by atoms with E-state index in [1.54, 1.807) is 0 Å². The molecule has 0 aromatic heterocycles. The largest absolute Gasteiger partial charge is 0.504 e. The summed E-state index contributed by atoms with van der Waals surface area (Å²) in [7, 11) is 1.34. The molecule has 270 valence electrons. The molecule has 0 unspecified atom stereocenters. The number of phenols is 4. The Kier molecular flexibility index (Phi) is 12.8. The minimum absolute atomic E-state index is 0.305. The van der Waals surface area contributed by atoms with Crippen LogP contribution in [0.5, 0.6) is 23.0 Å². The second kappa shape index (κ2) is 16.6. The van der Waals surface area contributed by atoms with Crippen molar-refractivity contribution >= 4 is 18.0 Å². The molecule has 2 saturated heterocycles. The molecule has 49 heavy (non-hydrogen) atoms.